The van der Waals surface area contributed by atoms with Crippen LogP contribution in [0.1, 0.15) is 12.5 Å². The van der Waals surface area contributed by atoms with Crippen molar-refractivity contribution in [2.45, 2.75) is 24.3 Å². The van der Waals surface area contributed by atoms with Gasteiger partial charge in [-0.25, -0.2) is 17.2 Å². The van der Waals surface area contributed by atoms with Crippen molar-refractivity contribution in [1.29, 1.82) is 0 Å². The highest BCUT2D eigenvalue weighted by atomic mass is 32.2. The molecule has 90 valence electrons. The lowest BCUT2D eigenvalue weighted by Crippen LogP contribution is -2.09. The fourth-order valence-corrected chi connectivity index (χ4v) is 1.97. The Morgan fingerprint density at radius 1 is 1.38 bits per heavy atom. The number of hydrogen-bond donors (Lipinski definition) is 1. The van der Waals surface area contributed by atoms with Crippen molar-refractivity contribution < 1.29 is 22.3 Å². The molecule has 0 aliphatic heterocycles. The molecule has 1 unspecified atom stereocenters. The first-order valence-electron chi connectivity index (χ1n) is 4.58. The van der Waals surface area contributed by atoms with Crippen molar-refractivity contribution in [3.05, 3.63) is 29.3 Å². The van der Waals surface area contributed by atoms with E-state index in [1.165, 1.54) is 6.92 Å². The monoisotopic (exact) mass is 250 g/mol. The molecule has 1 atom stereocenters. The largest absolute Gasteiger partial charge is 0.393 e. The Kier molecular flexibility index (Phi) is 3.64. The summed E-state index contributed by atoms with van der Waals surface area (Å²) >= 11 is 0. The minimum Gasteiger partial charge on any atom is -0.393 e. The number of aliphatic hydroxyl groups excluding tert-OH is 1. The first kappa shape index (κ1) is 13.1. The van der Waals surface area contributed by atoms with Gasteiger partial charge in [-0.15, -0.1) is 0 Å². The molecule has 0 fully saturated rings. The minimum atomic E-state index is -3.59. The zero-order valence-corrected chi connectivity index (χ0v) is 9.68. The number of benzene rings is 1. The SMILES string of the molecule is CC(O)Cc1cc(S(C)(=O)=O)cc(F)c1F. The van der Waals surface area contributed by atoms with Gasteiger partial charge < -0.3 is 5.11 Å². The first-order chi connectivity index (χ1) is 7.21. The van der Waals surface area contributed by atoms with Crippen LogP contribution in [0.25, 0.3) is 0 Å². The fraction of sp³-hybridized carbons (Fsp3) is 0.400. The molecule has 1 N–H and O–H groups in total. The molecular weight excluding hydrogens is 238 g/mol. The molecule has 0 spiro atoms. The van der Waals surface area contributed by atoms with Crippen LogP contribution in [-0.2, 0) is 16.3 Å². The van der Waals surface area contributed by atoms with E-state index in [4.69, 9.17) is 5.11 Å². The molecule has 1 rings (SSSR count). The molecule has 0 saturated heterocycles. The van der Waals surface area contributed by atoms with Crippen molar-refractivity contribution in [3.63, 3.8) is 0 Å². The maximum atomic E-state index is 13.2. The normalized spacial score (nSPS) is 13.8. The fourth-order valence-electron chi connectivity index (χ4n) is 1.30. The second-order valence-electron chi connectivity index (χ2n) is 3.70. The van der Waals surface area contributed by atoms with E-state index in [2.05, 4.69) is 0 Å². The molecule has 0 bridgehead atoms. The Morgan fingerprint density at radius 3 is 2.38 bits per heavy atom. The molecule has 3 nitrogen and oxygen atoms in total. The molecular formula is C10H12F2O3S. The first-order valence-corrected chi connectivity index (χ1v) is 6.47. The Labute approximate surface area is 92.6 Å². The lowest BCUT2D eigenvalue weighted by Gasteiger charge is -2.08. The van der Waals surface area contributed by atoms with Crippen molar-refractivity contribution in [1.82, 2.24) is 0 Å². The maximum absolute atomic E-state index is 13.2. The van der Waals surface area contributed by atoms with Crippen LogP contribution in [0.3, 0.4) is 0 Å². The van der Waals surface area contributed by atoms with Crippen molar-refractivity contribution in [2.75, 3.05) is 6.26 Å². The summed E-state index contributed by atoms with van der Waals surface area (Å²) in [6.45, 7) is 1.41. The van der Waals surface area contributed by atoms with Crippen LogP contribution < -0.4 is 0 Å². The summed E-state index contributed by atoms with van der Waals surface area (Å²) in [5, 5.41) is 9.08. The maximum Gasteiger partial charge on any atom is 0.175 e. The van der Waals surface area contributed by atoms with Crippen LogP contribution in [0.2, 0.25) is 0 Å². The Bertz CT molecular complexity index is 495. The Morgan fingerprint density at radius 2 is 1.94 bits per heavy atom. The van der Waals surface area contributed by atoms with Crippen LogP contribution in [-0.4, -0.2) is 25.9 Å². The van der Waals surface area contributed by atoms with E-state index in [1.807, 2.05) is 0 Å². The molecule has 6 heteroatoms. The second-order valence-corrected chi connectivity index (χ2v) is 5.72. The van der Waals surface area contributed by atoms with Crippen LogP contribution in [0.5, 0.6) is 0 Å². The molecule has 1 aromatic rings. The summed E-state index contributed by atoms with van der Waals surface area (Å²) in [6, 6.07) is 1.68. The lowest BCUT2D eigenvalue weighted by atomic mass is 10.1. The van der Waals surface area contributed by atoms with Crippen LogP contribution in [0, 0.1) is 11.6 Å². The van der Waals surface area contributed by atoms with Crippen molar-refractivity contribution in [3.8, 4) is 0 Å². The zero-order chi connectivity index (χ0) is 12.5. The summed E-state index contributed by atoms with van der Waals surface area (Å²) in [5.74, 6) is -2.34. The van der Waals surface area contributed by atoms with Gasteiger partial charge in [0, 0.05) is 12.7 Å². The number of sulfone groups is 1. The van der Waals surface area contributed by atoms with Gasteiger partial charge in [0.05, 0.1) is 11.0 Å². The van der Waals surface area contributed by atoms with E-state index < -0.39 is 27.6 Å². The Balaban J connectivity index is 3.33. The molecule has 0 aliphatic carbocycles. The molecule has 0 aromatic heterocycles. The summed E-state index contributed by atoms with van der Waals surface area (Å²) in [7, 11) is -3.59. The van der Waals surface area contributed by atoms with Crippen molar-refractivity contribution >= 4 is 9.84 Å². The minimum absolute atomic E-state index is 0.133. The average Bonchev–Trinajstić information content (AvgIpc) is 2.10. The molecule has 16 heavy (non-hydrogen) atoms. The standard InChI is InChI=1S/C10H12F2O3S/c1-6(13)3-7-4-8(16(2,14)15)5-9(11)10(7)12/h4-6,13H,3H2,1-2H3. The number of hydrogen-bond acceptors (Lipinski definition) is 3. The van der Waals surface area contributed by atoms with Gasteiger partial charge in [0.1, 0.15) is 0 Å². The molecule has 0 amide bonds. The quantitative estimate of drug-likeness (QED) is 0.822. The summed E-state index contributed by atoms with van der Waals surface area (Å²) in [6.07, 6.45) is -0.0958. The van der Waals surface area contributed by atoms with Crippen molar-refractivity contribution in [2.24, 2.45) is 0 Å². The smallest absolute Gasteiger partial charge is 0.175 e. The third-order valence-electron chi connectivity index (χ3n) is 2.02. The van der Waals surface area contributed by atoms with Crippen LogP contribution >= 0.6 is 0 Å². The number of halogens is 2. The van der Waals surface area contributed by atoms with Gasteiger partial charge in [0.25, 0.3) is 0 Å². The van der Waals surface area contributed by atoms with Gasteiger partial charge >= 0.3 is 0 Å². The molecule has 1 aromatic carbocycles. The molecule has 0 radical (unpaired) electrons. The average molecular weight is 250 g/mol. The van der Waals surface area contributed by atoms with E-state index in [0.717, 1.165) is 12.3 Å². The molecule has 0 aliphatic rings. The topological polar surface area (TPSA) is 54.4 Å². The van der Waals surface area contributed by atoms with Gasteiger partial charge in [-0.3, -0.25) is 0 Å². The summed E-state index contributed by atoms with van der Waals surface area (Å²) in [4.78, 5) is -0.290. The highest BCUT2D eigenvalue weighted by Crippen LogP contribution is 2.20. The lowest BCUT2D eigenvalue weighted by molar-refractivity contribution is 0.193. The predicted octanol–water partition coefficient (Wildman–Crippen LogP) is 1.29. The highest BCUT2D eigenvalue weighted by molar-refractivity contribution is 7.90. The van der Waals surface area contributed by atoms with E-state index in [1.54, 1.807) is 0 Å². The second kappa shape index (κ2) is 4.47. The third-order valence-corrected chi connectivity index (χ3v) is 3.11. The van der Waals surface area contributed by atoms with E-state index in [0.29, 0.717) is 6.07 Å². The molecule has 0 saturated carbocycles. The van der Waals surface area contributed by atoms with Gasteiger partial charge in [-0.1, -0.05) is 0 Å². The zero-order valence-electron chi connectivity index (χ0n) is 8.87. The number of rotatable bonds is 3. The van der Waals surface area contributed by atoms with Crippen LogP contribution in [0.15, 0.2) is 17.0 Å². The summed E-state index contributed by atoms with van der Waals surface area (Å²) < 4.78 is 48.7. The van der Waals surface area contributed by atoms with Gasteiger partial charge in [0.15, 0.2) is 21.5 Å². The summed E-state index contributed by atoms with van der Waals surface area (Å²) in [5.41, 5.74) is -0.143. The highest BCUT2D eigenvalue weighted by Gasteiger charge is 2.17. The van der Waals surface area contributed by atoms with Gasteiger partial charge in [0.2, 0.25) is 0 Å². The predicted molar refractivity (Wildman–Crippen MR) is 54.9 cm³/mol. The molecule has 0 heterocycles. The van der Waals surface area contributed by atoms with Gasteiger partial charge in [-0.05, 0) is 24.6 Å². The van der Waals surface area contributed by atoms with Crippen LogP contribution in [0.4, 0.5) is 8.78 Å². The van der Waals surface area contributed by atoms with Gasteiger partial charge in [-0.2, -0.15) is 0 Å². The number of aliphatic hydroxyl groups is 1. The third kappa shape index (κ3) is 2.99. The van der Waals surface area contributed by atoms with E-state index >= 15 is 0 Å². The Hall–Kier alpha value is -1.01. The van der Waals surface area contributed by atoms with E-state index in [-0.39, 0.29) is 16.9 Å². The van der Waals surface area contributed by atoms with E-state index in [9.17, 15) is 17.2 Å².